The molecule has 0 aromatic heterocycles. The van der Waals surface area contributed by atoms with E-state index in [0.717, 1.165) is 31.7 Å². The van der Waals surface area contributed by atoms with Crippen LogP contribution in [-0.2, 0) is 11.2 Å². The highest BCUT2D eigenvalue weighted by molar-refractivity contribution is 5.68. The Hall–Kier alpha value is -2.26. The van der Waals surface area contributed by atoms with E-state index in [1.807, 2.05) is 32.9 Å². The second-order valence-electron chi connectivity index (χ2n) is 8.22. The van der Waals surface area contributed by atoms with E-state index in [2.05, 4.69) is 17.0 Å². The lowest BCUT2D eigenvalue weighted by atomic mass is 9.86. The van der Waals surface area contributed by atoms with Crippen LogP contribution in [0.5, 0.6) is 5.75 Å². The van der Waals surface area contributed by atoms with Gasteiger partial charge in [-0.2, -0.15) is 5.26 Å². The molecule has 0 bridgehead atoms. The number of amides is 1. The van der Waals surface area contributed by atoms with E-state index < -0.39 is 5.60 Å². The van der Waals surface area contributed by atoms with Crippen molar-refractivity contribution in [2.75, 3.05) is 32.8 Å². The van der Waals surface area contributed by atoms with Crippen LogP contribution >= 0.6 is 0 Å². The highest BCUT2D eigenvalue weighted by Gasteiger charge is 2.31. The Morgan fingerprint density at radius 2 is 2.00 bits per heavy atom. The molecule has 0 N–H and O–H groups in total. The molecule has 1 saturated heterocycles. The highest BCUT2D eigenvalue weighted by Crippen LogP contribution is 2.37. The average molecular weight is 371 g/mol. The topological polar surface area (TPSA) is 65.8 Å². The van der Waals surface area contributed by atoms with Gasteiger partial charge in [-0.25, -0.2) is 4.79 Å². The van der Waals surface area contributed by atoms with Crippen LogP contribution in [0.4, 0.5) is 4.79 Å². The van der Waals surface area contributed by atoms with Crippen LogP contribution in [0.2, 0.25) is 0 Å². The standard InChI is InChI=1S/C21H29N3O3/c1-21(2,3)27-20(25)24-12-10-23(11-13-24)19-6-4-5-16-7-8-17(15-18(16)19)26-14-9-22/h7-8,15,19H,4-6,10-14H2,1-3H3. The molecule has 146 valence electrons. The van der Waals surface area contributed by atoms with Crippen molar-refractivity contribution >= 4 is 6.09 Å². The number of benzene rings is 1. The summed E-state index contributed by atoms with van der Waals surface area (Å²) in [6.07, 6.45) is 3.14. The normalized spacial score (nSPS) is 20.5. The van der Waals surface area contributed by atoms with Crippen molar-refractivity contribution < 1.29 is 14.3 Å². The van der Waals surface area contributed by atoms with Gasteiger partial charge in [0.15, 0.2) is 6.61 Å². The minimum atomic E-state index is -0.462. The van der Waals surface area contributed by atoms with Crippen LogP contribution in [0, 0.1) is 11.3 Å². The van der Waals surface area contributed by atoms with Crippen molar-refractivity contribution in [3.05, 3.63) is 29.3 Å². The van der Waals surface area contributed by atoms with Gasteiger partial charge in [0.1, 0.15) is 17.4 Å². The second kappa shape index (κ2) is 8.18. The van der Waals surface area contributed by atoms with Crippen LogP contribution in [0.15, 0.2) is 18.2 Å². The lowest BCUT2D eigenvalue weighted by Crippen LogP contribution is -2.51. The lowest BCUT2D eigenvalue weighted by Gasteiger charge is -2.41. The molecule has 1 amide bonds. The zero-order chi connectivity index (χ0) is 19.4. The summed E-state index contributed by atoms with van der Waals surface area (Å²) in [5.41, 5.74) is 2.21. The Balaban J connectivity index is 1.66. The minimum absolute atomic E-state index is 0.0675. The first-order chi connectivity index (χ1) is 12.9. The van der Waals surface area contributed by atoms with Crippen molar-refractivity contribution in [2.45, 2.75) is 51.7 Å². The third-order valence-electron chi connectivity index (χ3n) is 5.11. The summed E-state index contributed by atoms with van der Waals surface area (Å²) in [5, 5.41) is 8.74. The molecule has 1 heterocycles. The zero-order valence-electron chi connectivity index (χ0n) is 16.5. The third-order valence-corrected chi connectivity index (χ3v) is 5.11. The smallest absolute Gasteiger partial charge is 0.410 e. The first kappa shape index (κ1) is 19.5. The molecule has 1 fully saturated rings. The molecule has 0 radical (unpaired) electrons. The van der Waals surface area contributed by atoms with Crippen molar-refractivity contribution in [3.63, 3.8) is 0 Å². The van der Waals surface area contributed by atoms with Gasteiger partial charge < -0.3 is 14.4 Å². The molecule has 6 nitrogen and oxygen atoms in total. The maximum absolute atomic E-state index is 12.3. The maximum atomic E-state index is 12.3. The van der Waals surface area contributed by atoms with Gasteiger partial charge in [-0.1, -0.05) is 6.07 Å². The predicted molar refractivity (Wildman–Crippen MR) is 103 cm³/mol. The number of nitrogens with zero attached hydrogens (tertiary/aromatic N) is 3. The molecule has 1 aliphatic heterocycles. The predicted octanol–water partition coefficient (Wildman–Crippen LogP) is 3.52. The van der Waals surface area contributed by atoms with E-state index in [1.165, 1.54) is 17.5 Å². The van der Waals surface area contributed by atoms with E-state index >= 15 is 0 Å². The number of hydrogen-bond acceptors (Lipinski definition) is 5. The van der Waals surface area contributed by atoms with Gasteiger partial charge in [-0.15, -0.1) is 0 Å². The fourth-order valence-electron chi connectivity index (χ4n) is 3.88. The van der Waals surface area contributed by atoms with Gasteiger partial charge >= 0.3 is 6.09 Å². The molecular formula is C21H29N3O3. The van der Waals surface area contributed by atoms with Crippen LogP contribution in [0.1, 0.15) is 50.8 Å². The van der Waals surface area contributed by atoms with E-state index in [0.29, 0.717) is 19.1 Å². The van der Waals surface area contributed by atoms with E-state index in [4.69, 9.17) is 14.7 Å². The number of fused-ring (bicyclic) bond motifs is 1. The molecule has 1 aromatic rings. The largest absolute Gasteiger partial charge is 0.479 e. The first-order valence-corrected chi connectivity index (χ1v) is 9.72. The van der Waals surface area contributed by atoms with Gasteiger partial charge in [0.25, 0.3) is 0 Å². The summed E-state index contributed by atoms with van der Waals surface area (Å²) in [5.74, 6) is 0.759. The molecule has 6 heteroatoms. The number of ether oxygens (including phenoxy) is 2. The van der Waals surface area contributed by atoms with E-state index in [-0.39, 0.29) is 12.7 Å². The van der Waals surface area contributed by atoms with Gasteiger partial charge in [-0.3, -0.25) is 4.90 Å². The van der Waals surface area contributed by atoms with Crippen molar-refractivity contribution in [2.24, 2.45) is 0 Å². The molecular weight excluding hydrogens is 342 g/mol. The molecule has 1 unspecified atom stereocenters. The number of carbonyl (C=O) groups is 1. The fourth-order valence-corrected chi connectivity index (χ4v) is 3.88. The minimum Gasteiger partial charge on any atom is -0.479 e. The SMILES string of the molecule is CC(C)(C)OC(=O)N1CCN(C2CCCc3ccc(OCC#N)cc32)CC1. The van der Waals surface area contributed by atoms with Gasteiger partial charge in [0.2, 0.25) is 0 Å². The summed E-state index contributed by atoms with van der Waals surface area (Å²) < 4.78 is 11.0. The molecule has 1 aromatic carbocycles. The van der Waals surface area contributed by atoms with E-state index in [9.17, 15) is 4.79 Å². The number of aryl methyl sites for hydroxylation is 1. The Kier molecular flexibility index (Phi) is 5.91. The lowest BCUT2D eigenvalue weighted by molar-refractivity contribution is 0.00926. The Morgan fingerprint density at radius 1 is 1.26 bits per heavy atom. The van der Waals surface area contributed by atoms with Crippen LogP contribution in [0.3, 0.4) is 0 Å². The summed E-state index contributed by atoms with van der Waals surface area (Å²) in [4.78, 5) is 16.6. The molecule has 1 atom stereocenters. The summed E-state index contributed by atoms with van der Waals surface area (Å²) in [6, 6.07) is 8.55. The average Bonchev–Trinajstić information content (AvgIpc) is 2.64. The summed E-state index contributed by atoms with van der Waals surface area (Å²) in [7, 11) is 0. The van der Waals surface area contributed by atoms with Crippen LogP contribution in [0.25, 0.3) is 0 Å². The number of carbonyl (C=O) groups excluding carboxylic acids is 1. The maximum Gasteiger partial charge on any atom is 0.410 e. The quantitative estimate of drug-likeness (QED) is 0.813. The summed E-state index contributed by atoms with van der Waals surface area (Å²) >= 11 is 0. The summed E-state index contributed by atoms with van der Waals surface area (Å²) in [6.45, 7) is 8.80. The van der Waals surface area contributed by atoms with Gasteiger partial charge in [0, 0.05) is 32.2 Å². The van der Waals surface area contributed by atoms with Crippen molar-refractivity contribution in [3.8, 4) is 11.8 Å². The second-order valence-corrected chi connectivity index (χ2v) is 8.22. The van der Waals surface area contributed by atoms with Crippen LogP contribution < -0.4 is 4.74 Å². The number of rotatable bonds is 3. The van der Waals surface area contributed by atoms with Gasteiger partial charge in [0.05, 0.1) is 0 Å². The monoisotopic (exact) mass is 371 g/mol. The molecule has 1 aliphatic carbocycles. The molecule has 2 aliphatic rings. The number of hydrogen-bond donors (Lipinski definition) is 0. The Labute approximate surface area is 161 Å². The van der Waals surface area contributed by atoms with Gasteiger partial charge in [-0.05, 0) is 63.3 Å². The van der Waals surface area contributed by atoms with Crippen molar-refractivity contribution in [1.82, 2.24) is 9.80 Å². The fraction of sp³-hybridized carbons (Fsp3) is 0.619. The zero-order valence-corrected chi connectivity index (χ0v) is 16.5. The molecule has 3 rings (SSSR count). The van der Waals surface area contributed by atoms with E-state index in [1.54, 1.807) is 4.90 Å². The first-order valence-electron chi connectivity index (χ1n) is 9.72. The molecule has 0 spiro atoms. The number of nitriles is 1. The molecule has 0 saturated carbocycles. The van der Waals surface area contributed by atoms with Crippen molar-refractivity contribution in [1.29, 1.82) is 5.26 Å². The Morgan fingerprint density at radius 3 is 2.67 bits per heavy atom. The van der Waals surface area contributed by atoms with Crippen LogP contribution in [-0.4, -0.2) is 54.3 Å². The molecule has 27 heavy (non-hydrogen) atoms. The third kappa shape index (κ3) is 4.92. The highest BCUT2D eigenvalue weighted by atomic mass is 16.6. The Bertz CT molecular complexity index is 712. The number of piperazine rings is 1.